The molecule has 45 heavy (non-hydrogen) atoms. The summed E-state index contributed by atoms with van der Waals surface area (Å²) in [7, 11) is 0. The first-order valence-corrected chi connectivity index (χ1v) is 14.7. The van der Waals surface area contributed by atoms with E-state index in [0.717, 1.165) is 0 Å². The quantitative estimate of drug-likeness (QED) is 0.288. The Morgan fingerprint density at radius 1 is 0.978 bits per heavy atom. The van der Waals surface area contributed by atoms with Gasteiger partial charge in [-0.3, -0.25) is 19.4 Å². The van der Waals surface area contributed by atoms with E-state index in [4.69, 9.17) is 19.9 Å². The standard InChI is InChI=1S/C30H36N4O11/c1-3-43-27(39)17-7-5-8-19-21(17)24(45-30(28(40)41)11-6-12-30)22(25(31)37)23(32-19)18(9-10-20(35)36)26(38)33-13-15-34(16-14-33)29(42)44-4-2/h5,7-8,18H,3-4,6,9-16H2,1-2H3,(H2,31,37)(H,35,36)(H,40,41). The maximum Gasteiger partial charge on any atom is 0.409 e. The van der Waals surface area contributed by atoms with Gasteiger partial charge in [-0.05, 0) is 51.7 Å². The molecule has 4 N–H and O–H groups in total. The summed E-state index contributed by atoms with van der Waals surface area (Å²) in [6.07, 6.45) is -0.555. The lowest BCUT2D eigenvalue weighted by atomic mass is 9.79. The number of amides is 3. The third-order valence-corrected chi connectivity index (χ3v) is 7.98. The van der Waals surface area contributed by atoms with Crippen LogP contribution in [0.15, 0.2) is 18.2 Å². The molecule has 1 saturated heterocycles. The van der Waals surface area contributed by atoms with Crippen LogP contribution in [0.1, 0.15) is 78.3 Å². The Bertz CT molecular complexity index is 1510. The highest BCUT2D eigenvalue weighted by Gasteiger charge is 2.49. The molecule has 2 heterocycles. The summed E-state index contributed by atoms with van der Waals surface area (Å²) in [4.78, 5) is 83.9. The Labute approximate surface area is 258 Å². The maximum atomic E-state index is 14.1. The number of fused-ring (bicyclic) bond motifs is 1. The molecule has 2 fully saturated rings. The number of nitrogens with zero attached hydrogens (tertiary/aromatic N) is 3. The number of carbonyl (C=O) groups is 6. The van der Waals surface area contributed by atoms with Crippen molar-refractivity contribution in [2.75, 3.05) is 39.4 Å². The van der Waals surface area contributed by atoms with Crippen LogP contribution in [0.4, 0.5) is 4.79 Å². The smallest absolute Gasteiger partial charge is 0.409 e. The van der Waals surface area contributed by atoms with E-state index < -0.39 is 59.3 Å². The Morgan fingerprint density at radius 3 is 2.16 bits per heavy atom. The lowest BCUT2D eigenvalue weighted by Crippen LogP contribution is -2.52. The first-order chi connectivity index (χ1) is 21.4. The molecule has 1 unspecified atom stereocenters. The Balaban J connectivity index is 1.90. The number of carboxylic acid groups (broad SMARTS) is 2. The van der Waals surface area contributed by atoms with Gasteiger partial charge in [0.25, 0.3) is 5.91 Å². The molecule has 1 atom stereocenters. The minimum Gasteiger partial charge on any atom is -0.481 e. The van der Waals surface area contributed by atoms with Crippen LogP contribution < -0.4 is 10.5 Å². The minimum atomic E-state index is -1.73. The minimum absolute atomic E-state index is 0.0199. The molecule has 1 aliphatic carbocycles. The molecule has 2 aromatic rings. The van der Waals surface area contributed by atoms with E-state index in [0.29, 0.717) is 6.42 Å². The van der Waals surface area contributed by atoms with Gasteiger partial charge < -0.3 is 40.0 Å². The van der Waals surface area contributed by atoms with Gasteiger partial charge in [-0.25, -0.2) is 14.4 Å². The van der Waals surface area contributed by atoms with Gasteiger partial charge in [0.15, 0.2) is 0 Å². The van der Waals surface area contributed by atoms with Gasteiger partial charge in [0, 0.05) is 32.6 Å². The predicted molar refractivity (Wildman–Crippen MR) is 156 cm³/mol. The summed E-state index contributed by atoms with van der Waals surface area (Å²) < 4.78 is 16.4. The van der Waals surface area contributed by atoms with Crippen molar-refractivity contribution in [3.63, 3.8) is 0 Å². The van der Waals surface area contributed by atoms with Crippen LogP contribution in [0.25, 0.3) is 10.9 Å². The second-order valence-corrected chi connectivity index (χ2v) is 10.7. The van der Waals surface area contributed by atoms with Crippen LogP contribution in [-0.2, 0) is 23.9 Å². The fraction of sp³-hybridized carbons (Fsp3) is 0.500. The van der Waals surface area contributed by atoms with Crippen LogP contribution >= 0.6 is 0 Å². The number of aromatic nitrogens is 1. The van der Waals surface area contributed by atoms with E-state index in [-0.39, 0.29) is 86.6 Å². The van der Waals surface area contributed by atoms with E-state index in [1.807, 2.05) is 0 Å². The van der Waals surface area contributed by atoms with Gasteiger partial charge in [-0.1, -0.05) is 6.07 Å². The number of primary amides is 1. The number of carbonyl (C=O) groups excluding carboxylic acids is 4. The number of carboxylic acids is 2. The highest BCUT2D eigenvalue weighted by Crippen LogP contribution is 2.44. The first-order valence-electron chi connectivity index (χ1n) is 14.7. The molecule has 4 rings (SSSR count). The second kappa shape index (κ2) is 13.8. The van der Waals surface area contributed by atoms with Crippen molar-refractivity contribution in [3.8, 4) is 5.75 Å². The summed E-state index contributed by atoms with van der Waals surface area (Å²) in [5.41, 5.74) is 3.53. The van der Waals surface area contributed by atoms with Crippen molar-refractivity contribution in [3.05, 3.63) is 35.0 Å². The van der Waals surface area contributed by atoms with Crippen molar-refractivity contribution in [2.45, 2.75) is 57.5 Å². The maximum absolute atomic E-state index is 14.1. The molecular formula is C30H36N4O11. The van der Waals surface area contributed by atoms with E-state index in [1.165, 1.54) is 28.0 Å². The van der Waals surface area contributed by atoms with Crippen molar-refractivity contribution in [1.82, 2.24) is 14.8 Å². The lowest BCUT2D eigenvalue weighted by molar-refractivity contribution is -0.163. The molecule has 0 spiro atoms. The fourth-order valence-electron chi connectivity index (χ4n) is 5.51. The van der Waals surface area contributed by atoms with Gasteiger partial charge in [0.1, 0.15) is 11.3 Å². The van der Waals surface area contributed by atoms with Gasteiger partial charge in [0.05, 0.1) is 41.3 Å². The Hall–Kier alpha value is -4.95. The van der Waals surface area contributed by atoms with Crippen molar-refractivity contribution in [2.24, 2.45) is 5.73 Å². The van der Waals surface area contributed by atoms with Crippen molar-refractivity contribution >= 4 is 46.7 Å². The number of ether oxygens (including phenoxy) is 3. The van der Waals surface area contributed by atoms with Crippen LogP contribution in [0.2, 0.25) is 0 Å². The number of hydrogen-bond acceptors (Lipinski definition) is 10. The number of rotatable bonds is 12. The average Bonchev–Trinajstić information content (AvgIpc) is 2.98. The van der Waals surface area contributed by atoms with Crippen LogP contribution in [0.3, 0.4) is 0 Å². The Morgan fingerprint density at radius 2 is 1.62 bits per heavy atom. The fourth-order valence-corrected chi connectivity index (χ4v) is 5.51. The predicted octanol–water partition coefficient (Wildman–Crippen LogP) is 2.15. The average molecular weight is 629 g/mol. The van der Waals surface area contributed by atoms with Gasteiger partial charge in [0.2, 0.25) is 11.5 Å². The summed E-state index contributed by atoms with van der Waals surface area (Å²) in [6.45, 7) is 3.99. The molecule has 1 aliphatic heterocycles. The number of pyridine rings is 1. The highest BCUT2D eigenvalue weighted by atomic mass is 16.6. The number of benzene rings is 1. The normalized spacial score (nSPS) is 16.3. The summed E-state index contributed by atoms with van der Waals surface area (Å²) in [6, 6.07) is 4.39. The Kier molecular flexibility index (Phi) is 10.1. The molecule has 15 nitrogen and oxygen atoms in total. The van der Waals surface area contributed by atoms with Gasteiger partial charge in [-0.2, -0.15) is 0 Å². The highest BCUT2D eigenvalue weighted by molar-refractivity contribution is 6.11. The summed E-state index contributed by atoms with van der Waals surface area (Å²) in [5.74, 6) is -6.63. The molecule has 1 aromatic heterocycles. The van der Waals surface area contributed by atoms with Gasteiger partial charge in [-0.15, -0.1) is 0 Å². The summed E-state index contributed by atoms with van der Waals surface area (Å²) in [5, 5.41) is 19.6. The zero-order chi connectivity index (χ0) is 32.9. The molecule has 15 heteroatoms. The number of hydrogen-bond donors (Lipinski definition) is 3. The molecule has 1 saturated carbocycles. The monoisotopic (exact) mass is 628 g/mol. The number of nitrogens with two attached hydrogens (primary N) is 1. The van der Waals surface area contributed by atoms with Crippen LogP contribution in [0, 0.1) is 0 Å². The van der Waals surface area contributed by atoms with Gasteiger partial charge >= 0.3 is 24.0 Å². The zero-order valence-electron chi connectivity index (χ0n) is 25.1. The van der Waals surface area contributed by atoms with E-state index >= 15 is 0 Å². The molecule has 1 aromatic carbocycles. The largest absolute Gasteiger partial charge is 0.481 e. The second-order valence-electron chi connectivity index (χ2n) is 10.7. The number of esters is 1. The molecule has 3 amide bonds. The molecule has 0 bridgehead atoms. The third kappa shape index (κ3) is 6.76. The SMILES string of the molecule is CCOC(=O)c1cccc2nc(C(CCC(=O)O)C(=O)N3CCN(C(=O)OCC)CC3)c(C(N)=O)c(OC3(C(=O)O)CCC3)c12. The zero-order valence-corrected chi connectivity index (χ0v) is 25.1. The number of piperazine rings is 1. The van der Waals surface area contributed by atoms with E-state index in [9.17, 15) is 39.0 Å². The topological polar surface area (TPSA) is 216 Å². The molecule has 242 valence electrons. The van der Waals surface area contributed by atoms with Crippen LogP contribution in [0.5, 0.6) is 5.75 Å². The van der Waals surface area contributed by atoms with E-state index in [2.05, 4.69) is 4.98 Å². The lowest BCUT2D eigenvalue weighted by Gasteiger charge is -2.39. The number of aliphatic carboxylic acids is 2. The van der Waals surface area contributed by atoms with Crippen LogP contribution in [-0.4, -0.2) is 106 Å². The molecule has 0 radical (unpaired) electrons. The molecular weight excluding hydrogens is 592 g/mol. The molecule has 2 aliphatic rings. The van der Waals surface area contributed by atoms with Crippen molar-refractivity contribution < 1.29 is 53.2 Å². The summed E-state index contributed by atoms with van der Waals surface area (Å²) >= 11 is 0. The van der Waals surface area contributed by atoms with E-state index in [1.54, 1.807) is 13.8 Å². The first kappa shape index (κ1) is 33.0. The third-order valence-electron chi connectivity index (χ3n) is 7.98. The van der Waals surface area contributed by atoms with Crippen molar-refractivity contribution in [1.29, 1.82) is 0 Å².